The number of carbonyl (C=O) groups excluding carboxylic acids is 1. The van der Waals surface area contributed by atoms with E-state index in [1.807, 2.05) is 0 Å². The highest BCUT2D eigenvalue weighted by atomic mass is 16.1. The van der Waals surface area contributed by atoms with Crippen molar-refractivity contribution in [3.05, 3.63) is 166 Å². The summed E-state index contributed by atoms with van der Waals surface area (Å²) in [6.45, 7) is 9.28. The van der Waals surface area contributed by atoms with Crippen molar-refractivity contribution in [2.45, 2.75) is 43.9 Å². The molecule has 6 aromatic rings. The number of rotatable bonds is 0. The highest BCUT2D eigenvalue weighted by molar-refractivity contribution is 6.20. The lowest BCUT2D eigenvalue weighted by atomic mass is 9.61. The molecular weight excluding hydrogens is 544 g/mol. The first-order chi connectivity index (χ1) is 21.8. The molecule has 0 N–H and O–H groups in total. The highest BCUT2D eigenvalue weighted by Gasteiger charge is 2.55. The van der Waals surface area contributed by atoms with E-state index in [9.17, 15) is 0 Å². The van der Waals surface area contributed by atoms with Crippen LogP contribution in [-0.4, -0.2) is 5.78 Å². The van der Waals surface area contributed by atoms with Gasteiger partial charge in [-0.3, -0.25) is 4.79 Å². The zero-order valence-corrected chi connectivity index (χ0v) is 26.0. The topological polar surface area (TPSA) is 17.1 Å². The van der Waals surface area contributed by atoms with E-state index in [0.717, 1.165) is 33.4 Å². The molecule has 1 atom stereocenters. The van der Waals surface area contributed by atoms with Gasteiger partial charge in [-0.05, 0) is 108 Å². The van der Waals surface area contributed by atoms with E-state index in [4.69, 9.17) is 0 Å². The van der Waals surface area contributed by atoms with Gasteiger partial charge in [-0.2, -0.15) is 0 Å². The van der Waals surface area contributed by atoms with E-state index in [2.05, 4.69) is 149 Å². The van der Waals surface area contributed by atoms with E-state index < -0.39 is 5.41 Å². The second kappa shape index (κ2) is 7.98. The van der Waals surface area contributed by atoms with Crippen LogP contribution in [0.1, 0.15) is 77.0 Å². The average Bonchev–Trinajstić information content (AvgIpc) is 3.57. The van der Waals surface area contributed by atoms with E-state index in [-0.39, 0.29) is 16.6 Å². The number of ketones is 1. The minimum absolute atomic E-state index is 0.118. The first kappa shape index (κ1) is 25.3. The zero-order chi connectivity index (χ0) is 30.5. The molecule has 0 aromatic heterocycles. The van der Waals surface area contributed by atoms with Crippen LogP contribution >= 0.6 is 0 Å². The Morgan fingerprint density at radius 2 is 0.689 bits per heavy atom. The van der Waals surface area contributed by atoms with Crippen molar-refractivity contribution in [3.63, 3.8) is 0 Å². The summed E-state index contributed by atoms with van der Waals surface area (Å²) in [7, 11) is 0. The summed E-state index contributed by atoms with van der Waals surface area (Å²) in [5.74, 6) is 0.179. The monoisotopic (exact) mass is 576 g/mol. The Labute approximate surface area is 264 Å². The van der Waals surface area contributed by atoms with Gasteiger partial charge in [0.2, 0.25) is 0 Å². The normalized spacial score (nSPS) is 19.6. The van der Waals surface area contributed by atoms with Crippen LogP contribution in [0.15, 0.2) is 121 Å². The summed E-state index contributed by atoms with van der Waals surface area (Å²) in [4.78, 5) is 15.7. The minimum atomic E-state index is -0.923. The second-order valence-corrected chi connectivity index (χ2v) is 14.4. The molecule has 0 bridgehead atoms. The molecule has 1 heteroatoms. The summed E-state index contributed by atoms with van der Waals surface area (Å²) in [6.07, 6.45) is 0. The molecule has 0 fully saturated rings. The fourth-order valence-corrected chi connectivity index (χ4v) is 9.53. The fourth-order valence-electron chi connectivity index (χ4n) is 9.53. The van der Waals surface area contributed by atoms with Gasteiger partial charge in [0.25, 0.3) is 0 Å². The van der Waals surface area contributed by atoms with E-state index in [0.29, 0.717) is 0 Å². The van der Waals surface area contributed by atoms with Gasteiger partial charge in [0, 0.05) is 16.4 Å². The molecule has 4 aliphatic carbocycles. The lowest BCUT2D eigenvalue weighted by molar-refractivity contribution is 0.0935. The largest absolute Gasteiger partial charge is 0.292 e. The van der Waals surface area contributed by atoms with Gasteiger partial charge in [-0.1, -0.05) is 125 Å². The summed E-state index contributed by atoms with van der Waals surface area (Å²) < 4.78 is 0. The molecule has 0 saturated heterocycles. The fraction of sp³-hybridized carbons (Fsp3) is 0.159. The van der Waals surface area contributed by atoms with Crippen molar-refractivity contribution in [1.82, 2.24) is 0 Å². The summed E-state index contributed by atoms with van der Waals surface area (Å²) in [5, 5.41) is 0. The summed E-state index contributed by atoms with van der Waals surface area (Å²) in [5.41, 5.74) is 17.8. The number of Topliss-reactive ketones (excluding diaryl/α,β-unsaturated/α-hetero) is 1. The molecular formula is C44H32O. The molecule has 0 radical (unpaired) electrons. The van der Waals surface area contributed by atoms with Crippen molar-refractivity contribution in [2.24, 2.45) is 0 Å². The van der Waals surface area contributed by atoms with Gasteiger partial charge in [0.15, 0.2) is 5.78 Å². The minimum Gasteiger partial charge on any atom is -0.292 e. The van der Waals surface area contributed by atoms with Crippen LogP contribution in [0.3, 0.4) is 0 Å². The smallest absolute Gasteiger partial charge is 0.182 e. The molecule has 45 heavy (non-hydrogen) atoms. The van der Waals surface area contributed by atoms with Gasteiger partial charge < -0.3 is 0 Å². The van der Waals surface area contributed by atoms with Gasteiger partial charge in [-0.15, -0.1) is 0 Å². The standard InChI is InChI=1S/C44H32O/c1-42(2)34-17-9-5-14-26(34)30-21-33-29(22-38(30)42)25-13-7-11-19-36(25)44(41(33)45)37-20-12-8-16-28(37)32-23-39-31(24-40(32)44)27-15-6-10-18-35(27)43(39,3)4/h5-24H,1-4H3. The second-order valence-electron chi connectivity index (χ2n) is 14.4. The zero-order valence-electron chi connectivity index (χ0n) is 26.0. The third-order valence-corrected chi connectivity index (χ3v) is 11.7. The molecule has 0 amide bonds. The van der Waals surface area contributed by atoms with Crippen molar-refractivity contribution in [3.8, 4) is 44.5 Å². The number of carbonyl (C=O) groups is 1. The van der Waals surface area contributed by atoms with Crippen LogP contribution in [0.4, 0.5) is 0 Å². The van der Waals surface area contributed by atoms with Crippen molar-refractivity contribution in [1.29, 1.82) is 0 Å². The lowest BCUT2D eigenvalue weighted by Gasteiger charge is -2.38. The lowest BCUT2D eigenvalue weighted by Crippen LogP contribution is -2.40. The van der Waals surface area contributed by atoms with Gasteiger partial charge in [0.1, 0.15) is 5.41 Å². The van der Waals surface area contributed by atoms with E-state index in [1.165, 1.54) is 55.6 Å². The van der Waals surface area contributed by atoms with E-state index in [1.54, 1.807) is 0 Å². The van der Waals surface area contributed by atoms with Crippen molar-refractivity contribution >= 4 is 5.78 Å². The van der Waals surface area contributed by atoms with Crippen LogP contribution in [0.2, 0.25) is 0 Å². The van der Waals surface area contributed by atoms with Crippen LogP contribution in [0.5, 0.6) is 0 Å². The quantitative estimate of drug-likeness (QED) is 0.176. The average molecular weight is 577 g/mol. The third kappa shape index (κ3) is 2.76. The Morgan fingerprint density at radius 3 is 1.22 bits per heavy atom. The Bertz CT molecular complexity index is 2350. The van der Waals surface area contributed by atoms with Crippen LogP contribution in [-0.2, 0) is 16.2 Å². The van der Waals surface area contributed by atoms with Gasteiger partial charge in [-0.25, -0.2) is 0 Å². The Morgan fingerprint density at radius 1 is 0.333 bits per heavy atom. The van der Waals surface area contributed by atoms with E-state index >= 15 is 4.79 Å². The maximum Gasteiger partial charge on any atom is 0.182 e. The number of hydrogen-bond donors (Lipinski definition) is 0. The Balaban J connectivity index is 1.32. The SMILES string of the molecule is CC1(C)c2ccccc2-c2cc3c(cc21)-c1ccccc1C1(C3=O)c2ccccc2-c2cc3c(cc21)-c1ccccc1C3(C)C. The third-order valence-electron chi connectivity index (χ3n) is 11.7. The first-order valence-electron chi connectivity index (χ1n) is 16.1. The molecule has 0 saturated carbocycles. The highest BCUT2D eigenvalue weighted by Crippen LogP contribution is 2.62. The Hall–Kier alpha value is -5.01. The predicted molar refractivity (Wildman–Crippen MR) is 183 cm³/mol. The molecule has 1 nitrogen and oxygen atoms in total. The maximum absolute atomic E-state index is 15.7. The Kier molecular flexibility index (Phi) is 4.49. The molecule has 1 unspecified atom stereocenters. The van der Waals surface area contributed by atoms with Crippen molar-refractivity contribution in [2.75, 3.05) is 0 Å². The summed E-state index contributed by atoms with van der Waals surface area (Å²) in [6, 6.07) is 44.2. The van der Waals surface area contributed by atoms with Crippen molar-refractivity contribution < 1.29 is 4.79 Å². The molecule has 0 heterocycles. The molecule has 214 valence electrons. The predicted octanol–water partition coefficient (Wildman–Crippen LogP) is 10.5. The first-order valence-corrected chi connectivity index (χ1v) is 16.1. The van der Waals surface area contributed by atoms with Gasteiger partial charge >= 0.3 is 0 Å². The number of fused-ring (bicyclic) bond motifs is 15. The maximum atomic E-state index is 15.7. The van der Waals surface area contributed by atoms with Gasteiger partial charge in [0.05, 0.1) is 0 Å². The number of hydrogen-bond acceptors (Lipinski definition) is 1. The molecule has 10 rings (SSSR count). The van der Waals surface area contributed by atoms with Crippen LogP contribution in [0, 0.1) is 0 Å². The molecule has 4 aliphatic rings. The van der Waals surface area contributed by atoms with Crippen LogP contribution in [0.25, 0.3) is 44.5 Å². The number of benzene rings is 6. The molecule has 6 aromatic carbocycles. The van der Waals surface area contributed by atoms with Crippen LogP contribution < -0.4 is 0 Å². The molecule has 0 aliphatic heterocycles. The molecule has 1 spiro atoms. The summed E-state index contributed by atoms with van der Waals surface area (Å²) >= 11 is 0.